The van der Waals surface area contributed by atoms with Crippen molar-refractivity contribution in [2.45, 2.75) is 39.5 Å². The van der Waals surface area contributed by atoms with Crippen molar-refractivity contribution in [3.63, 3.8) is 0 Å². The quantitative estimate of drug-likeness (QED) is 0.801. The summed E-state index contributed by atoms with van der Waals surface area (Å²) in [6.07, 6.45) is 4.02. The van der Waals surface area contributed by atoms with Crippen LogP contribution in [0.2, 0.25) is 0 Å². The first kappa shape index (κ1) is 13.1. The number of aryl methyl sites for hydroxylation is 1. The average Bonchev–Trinajstić information content (AvgIpc) is 2.39. The largest absolute Gasteiger partial charge is 0.342 e. The van der Waals surface area contributed by atoms with E-state index in [4.69, 9.17) is 0 Å². The third-order valence-electron chi connectivity index (χ3n) is 3.80. The van der Waals surface area contributed by atoms with Crippen LogP contribution in [0.5, 0.6) is 0 Å². The Morgan fingerprint density at radius 3 is 2.56 bits per heavy atom. The minimum atomic E-state index is 0.283. The first-order chi connectivity index (χ1) is 8.69. The summed E-state index contributed by atoms with van der Waals surface area (Å²) >= 11 is 0. The molecular formula is C16H23NO. The molecule has 2 nitrogen and oxygen atoms in total. The number of benzene rings is 1. The van der Waals surface area contributed by atoms with Gasteiger partial charge in [0.25, 0.3) is 0 Å². The number of hydrogen-bond acceptors (Lipinski definition) is 1. The molecule has 0 bridgehead atoms. The van der Waals surface area contributed by atoms with Crippen molar-refractivity contribution in [3.8, 4) is 0 Å². The van der Waals surface area contributed by atoms with Crippen molar-refractivity contribution >= 4 is 5.91 Å². The minimum Gasteiger partial charge on any atom is -0.342 e. The fourth-order valence-electron chi connectivity index (χ4n) is 2.60. The first-order valence-electron chi connectivity index (χ1n) is 7.04. The van der Waals surface area contributed by atoms with Crippen LogP contribution in [0.3, 0.4) is 0 Å². The Kier molecular flexibility index (Phi) is 4.40. The van der Waals surface area contributed by atoms with Crippen molar-refractivity contribution in [2.24, 2.45) is 5.92 Å². The van der Waals surface area contributed by atoms with Crippen molar-refractivity contribution in [2.75, 3.05) is 13.1 Å². The van der Waals surface area contributed by atoms with Crippen LogP contribution in [-0.2, 0) is 17.6 Å². The smallest absolute Gasteiger partial charge is 0.226 e. The molecule has 0 spiro atoms. The normalized spacial score (nSPS) is 19.9. The van der Waals surface area contributed by atoms with Gasteiger partial charge in [0.05, 0.1) is 6.42 Å². The first-order valence-corrected chi connectivity index (χ1v) is 7.04. The summed E-state index contributed by atoms with van der Waals surface area (Å²) in [4.78, 5) is 14.2. The predicted octanol–water partition coefficient (Wildman–Crippen LogP) is 3.05. The molecule has 2 rings (SSSR count). The van der Waals surface area contributed by atoms with Gasteiger partial charge in [-0.15, -0.1) is 0 Å². The monoisotopic (exact) mass is 245 g/mol. The van der Waals surface area contributed by atoms with E-state index in [-0.39, 0.29) is 5.91 Å². The van der Waals surface area contributed by atoms with Crippen LogP contribution < -0.4 is 0 Å². The van der Waals surface area contributed by atoms with Gasteiger partial charge < -0.3 is 4.90 Å². The minimum absolute atomic E-state index is 0.283. The molecule has 1 aliphatic rings. The molecule has 0 radical (unpaired) electrons. The summed E-state index contributed by atoms with van der Waals surface area (Å²) in [5.41, 5.74) is 2.47. The lowest BCUT2D eigenvalue weighted by atomic mass is 9.99. The Labute approximate surface area is 110 Å². The highest BCUT2D eigenvalue weighted by atomic mass is 16.2. The Morgan fingerprint density at radius 2 is 1.94 bits per heavy atom. The van der Waals surface area contributed by atoms with Crippen molar-refractivity contribution in [3.05, 3.63) is 35.4 Å². The summed E-state index contributed by atoms with van der Waals surface area (Å²) in [7, 11) is 0. The number of carbonyl (C=O) groups excluding carboxylic acids is 1. The molecule has 0 aromatic heterocycles. The van der Waals surface area contributed by atoms with Crippen LogP contribution in [0, 0.1) is 5.92 Å². The number of amides is 1. The zero-order chi connectivity index (χ0) is 13.0. The molecule has 2 heteroatoms. The maximum atomic E-state index is 12.2. The van der Waals surface area contributed by atoms with Gasteiger partial charge in [-0.25, -0.2) is 0 Å². The van der Waals surface area contributed by atoms with E-state index in [1.807, 2.05) is 4.90 Å². The Hall–Kier alpha value is -1.31. The van der Waals surface area contributed by atoms with Crippen molar-refractivity contribution < 1.29 is 4.79 Å². The van der Waals surface area contributed by atoms with Gasteiger partial charge >= 0.3 is 0 Å². The second-order valence-corrected chi connectivity index (χ2v) is 5.43. The highest BCUT2D eigenvalue weighted by Gasteiger charge is 2.20. The molecule has 98 valence electrons. The maximum Gasteiger partial charge on any atom is 0.226 e. The fourth-order valence-corrected chi connectivity index (χ4v) is 2.60. The Morgan fingerprint density at radius 1 is 1.28 bits per heavy atom. The lowest BCUT2D eigenvalue weighted by molar-refractivity contribution is -0.132. The van der Waals surface area contributed by atoms with Crippen LogP contribution in [0.25, 0.3) is 0 Å². The topological polar surface area (TPSA) is 20.3 Å². The summed E-state index contributed by atoms with van der Waals surface area (Å²) < 4.78 is 0. The molecule has 1 atom stereocenters. The molecule has 18 heavy (non-hydrogen) atoms. The van der Waals surface area contributed by atoms with Gasteiger partial charge in [0.15, 0.2) is 0 Å². The number of nitrogens with zero attached hydrogens (tertiary/aromatic N) is 1. The molecule has 0 saturated carbocycles. The zero-order valence-electron chi connectivity index (χ0n) is 11.5. The number of likely N-dealkylation sites (tertiary alicyclic amines) is 1. The standard InChI is InChI=1S/C16H23NO/c1-3-14-6-8-15(9-7-14)11-16(18)17-10-4-5-13(2)12-17/h6-9,13H,3-5,10-12H2,1-2H3/t13-/m1/s1. The summed E-state index contributed by atoms with van der Waals surface area (Å²) in [6, 6.07) is 8.43. The van der Waals surface area contributed by atoms with E-state index in [2.05, 4.69) is 38.1 Å². The van der Waals surface area contributed by atoms with Crippen LogP contribution in [0.15, 0.2) is 24.3 Å². The average molecular weight is 245 g/mol. The van der Waals surface area contributed by atoms with Gasteiger partial charge in [0, 0.05) is 13.1 Å². The van der Waals surface area contributed by atoms with Crippen molar-refractivity contribution in [1.82, 2.24) is 4.90 Å². The Balaban J connectivity index is 1.93. The summed E-state index contributed by atoms with van der Waals surface area (Å²) in [5.74, 6) is 0.941. The molecular weight excluding hydrogens is 222 g/mol. The molecule has 0 N–H and O–H groups in total. The molecule has 1 saturated heterocycles. The van der Waals surface area contributed by atoms with E-state index in [1.54, 1.807) is 0 Å². The molecule has 1 heterocycles. The van der Waals surface area contributed by atoms with E-state index in [0.717, 1.165) is 31.5 Å². The van der Waals surface area contributed by atoms with Crippen LogP contribution >= 0.6 is 0 Å². The molecule has 1 aromatic carbocycles. The maximum absolute atomic E-state index is 12.2. The van der Waals surface area contributed by atoms with Gasteiger partial charge in [-0.05, 0) is 36.3 Å². The molecule has 0 aliphatic carbocycles. The number of carbonyl (C=O) groups is 1. The van der Waals surface area contributed by atoms with Gasteiger partial charge in [-0.2, -0.15) is 0 Å². The Bertz CT molecular complexity index is 396. The lowest BCUT2D eigenvalue weighted by Crippen LogP contribution is -2.39. The highest BCUT2D eigenvalue weighted by Crippen LogP contribution is 2.16. The number of rotatable bonds is 3. The van der Waals surface area contributed by atoms with E-state index >= 15 is 0 Å². The molecule has 1 fully saturated rings. The van der Waals surface area contributed by atoms with Crippen LogP contribution in [0.4, 0.5) is 0 Å². The number of hydrogen-bond donors (Lipinski definition) is 0. The second-order valence-electron chi connectivity index (χ2n) is 5.43. The third kappa shape index (κ3) is 3.34. The molecule has 1 amide bonds. The fraction of sp³-hybridized carbons (Fsp3) is 0.562. The summed E-state index contributed by atoms with van der Waals surface area (Å²) in [6.45, 7) is 6.26. The van der Waals surface area contributed by atoms with E-state index in [1.165, 1.54) is 12.0 Å². The van der Waals surface area contributed by atoms with Crippen LogP contribution in [-0.4, -0.2) is 23.9 Å². The van der Waals surface area contributed by atoms with Crippen molar-refractivity contribution in [1.29, 1.82) is 0 Å². The molecule has 1 aromatic rings. The summed E-state index contributed by atoms with van der Waals surface area (Å²) in [5, 5.41) is 0. The van der Waals surface area contributed by atoms with Gasteiger partial charge in [0.1, 0.15) is 0 Å². The third-order valence-corrected chi connectivity index (χ3v) is 3.80. The van der Waals surface area contributed by atoms with E-state index < -0.39 is 0 Å². The number of piperidine rings is 1. The molecule has 0 unspecified atom stereocenters. The van der Waals surface area contributed by atoms with Gasteiger partial charge in [0.2, 0.25) is 5.91 Å². The lowest BCUT2D eigenvalue weighted by Gasteiger charge is -2.31. The van der Waals surface area contributed by atoms with E-state index in [0.29, 0.717) is 12.3 Å². The highest BCUT2D eigenvalue weighted by molar-refractivity contribution is 5.78. The second kappa shape index (κ2) is 6.03. The van der Waals surface area contributed by atoms with E-state index in [9.17, 15) is 4.79 Å². The zero-order valence-corrected chi connectivity index (χ0v) is 11.5. The predicted molar refractivity (Wildman–Crippen MR) is 74.5 cm³/mol. The van der Waals surface area contributed by atoms with Crippen LogP contribution in [0.1, 0.15) is 37.8 Å². The van der Waals surface area contributed by atoms with Gasteiger partial charge in [-0.3, -0.25) is 4.79 Å². The molecule has 1 aliphatic heterocycles. The van der Waals surface area contributed by atoms with Gasteiger partial charge in [-0.1, -0.05) is 38.1 Å². The SMILES string of the molecule is CCc1ccc(CC(=O)N2CCC[C@@H](C)C2)cc1.